The Morgan fingerprint density at radius 1 is 1.00 bits per heavy atom. The van der Waals surface area contributed by atoms with Gasteiger partial charge in [-0.3, -0.25) is 0 Å². The summed E-state index contributed by atoms with van der Waals surface area (Å²) < 4.78 is 0. The third-order valence-electron chi connectivity index (χ3n) is 5.69. The summed E-state index contributed by atoms with van der Waals surface area (Å²) in [7, 11) is 0. The summed E-state index contributed by atoms with van der Waals surface area (Å²) in [6, 6.07) is 0. The van der Waals surface area contributed by atoms with Crippen molar-refractivity contribution in [3.05, 3.63) is 0 Å². The van der Waals surface area contributed by atoms with Crippen molar-refractivity contribution >= 4 is 0 Å². The van der Waals surface area contributed by atoms with Gasteiger partial charge in [0.05, 0.1) is 0 Å². The monoisotopic (exact) mass is 208 g/mol. The average molecular weight is 208 g/mol. The van der Waals surface area contributed by atoms with Gasteiger partial charge in [-0.15, -0.1) is 0 Å². The Morgan fingerprint density at radius 3 is 2.00 bits per heavy atom. The summed E-state index contributed by atoms with van der Waals surface area (Å²) in [5.41, 5.74) is 1.30. The molecule has 0 N–H and O–H groups in total. The van der Waals surface area contributed by atoms with Crippen molar-refractivity contribution in [2.45, 2.75) is 60.8 Å². The summed E-state index contributed by atoms with van der Waals surface area (Å²) in [6.07, 6.45) is 4.47. The van der Waals surface area contributed by atoms with Crippen molar-refractivity contribution in [2.75, 3.05) is 0 Å². The number of fused-ring (bicyclic) bond motifs is 2. The highest BCUT2D eigenvalue weighted by molar-refractivity contribution is 5.09. The van der Waals surface area contributed by atoms with Gasteiger partial charge < -0.3 is 0 Å². The van der Waals surface area contributed by atoms with Crippen LogP contribution in [-0.2, 0) is 0 Å². The Morgan fingerprint density at radius 2 is 1.60 bits per heavy atom. The van der Waals surface area contributed by atoms with E-state index in [-0.39, 0.29) is 0 Å². The maximum absolute atomic E-state index is 2.55. The van der Waals surface area contributed by atoms with Crippen molar-refractivity contribution in [3.63, 3.8) is 0 Å². The normalized spacial score (nSPS) is 49.6. The third-order valence-corrected chi connectivity index (χ3v) is 5.69. The molecule has 2 bridgehead atoms. The molecule has 0 radical (unpaired) electrons. The van der Waals surface area contributed by atoms with E-state index in [4.69, 9.17) is 0 Å². The van der Waals surface area contributed by atoms with Gasteiger partial charge in [-0.05, 0) is 53.8 Å². The summed E-state index contributed by atoms with van der Waals surface area (Å²) in [4.78, 5) is 0. The fourth-order valence-electron chi connectivity index (χ4n) is 5.04. The molecule has 3 saturated carbocycles. The van der Waals surface area contributed by atoms with Gasteiger partial charge in [0, 0.05) is 0 Å². The smallest absolute Gasteiger partial charge is 0.0284 e. The minimum Gasteiger partial charge on any atom is -0.0625 e. The lowest BCUT2D eigenvalue weighted by atomic mass is 9.39. The fraction of sp³-hybridized carbons (Fsp3) is 1.00. The van der Waals surface area contributed by atoms with E-state index in [9.17, 15) is 0 Å². The zero-order valence-electron chi connectivity index (χ0n) is 11.4. The lowest BCUT2D eigenvalue weighted by molar-refractivity contribution is -0.165. The zero-order valence-corrected chi connectivity index (χ0v) is 11.4. The first-order valence-corrected chi connectivity index (χ1v) is 6.78. The van der Waals surface area contributed by atoms with Crippen LogP contribution in [-0.4, -0.2) is 0 Å². The van der Waals surface area contributed by atoms with E-state index in [1.165, 1.54) is 19.3 Å². The van der Waals surface area contributed by atoms with Crippen LogP contribution < -0.4 is 0 Å². The lowest BCUT2D eigenvalue weighted by Crippen LogP contribution is -2.57. The van der Waals surface area contributed by atoms with Crippen LogP contribution in [0.1, 0.15) is 60.8 Å². The van der Waals surface area contributed by atoms with Gasteiger partial charge in [-0.1, -0.05) is 41.5 Å². The average Bonchev–Trinajstić information content (AvgIpc) is 1.99. The Labute approximate surface area is 95.8 Å². The molecule has 15 heavy (non-hydrogen) atoms. The standard InChI is InChI=1S/C15H28/c1-10(2)13-12-7-14(5,11(3)4)9-15(13,6)8-12/h10-13H,7-9H2,1-6H3. The van der Waals surface area contributed by atoms with Crippen molar-refractivity contribution in [1.29, 1.82) is 0 Å². The van der Waals surface area contributed by atoms with Gasteiger partial charge in [-0.25, -0.2) is 0 Å². The summed E-state index contributed by atoms with van der Waals surface area (Å²) in [5.74, 6) is 3.80. The molecule has 3 aliphatic carbocycles. The van der Waals surface area contributed by atoms with E-state index < -0.39 is 0 Å². The molecule has 0 amide bonds. The quantitative estimate of drug-likeness (QED) is 0.615. The number of rotatable bonds is 2. The first-order valence-electron chi connectivity index (χ1n) is 6.78. The molecule has 0 nitrogen and oxygen atoms in total. The van der Waals surface area contributed by atoms with Crippen LogP contribution in [0.4, 0.5) is 0 Å². The Bertz CT molecular complexity index is 253. The number of hydrogen-bond acceptors (Lipinski definition) is 0. The van der Waals surface area contributed by atoms with Crippen LogP contribution >= 0.6 is 0 Å². The molecule has 0 saturated heterocycles. The lowest BCUT2D eigenvalue weighted by Gasteiger charge is -2.66. The third kappa shape index (κ3) is 1.56. The van der Waals surface area contributed by atoms with Crippen molar-refractivity contribution < 1.29 is 0 Å². The second-order valence-electron chi connectivity index (χ2n) is 7.58. The molecule has 3 aliphatic rings. The van der Waals surface area contributed by atoms with E-state index >= 15 is 0 Å². The molecule has 0 aromatic rings. The Hall–Kier alpha value is 0. The molecule has 4 unspecified atom stereocenters. The van der Waals surface area contributed by atoms with Crippen molar-refractivity contribution in [2.24, 2.45) is 34.5 Å². The van der Waals surface area contributed by atoms with Gasteiger partial charge in [0.15, 0.2) is 0 Å². The minimum atomic E-state index is 0.628. The number of hydrogen-bond donors (Lipinski definition) is 0. The van der Waals surface area contributed by atoms with Crippen LogP contribution in [0.5, 0.6) is 0 Å². The van der Waals surface area contributed by atoms with Crippen molar-refractivity contribution in [3.8, 4) is 0 Å². The Kier molecular flexibility index (Phi) is 2.48. The largest absolute Gasteiger partial charge is 0.0625 e. The van der Waals surface area contributed by atoms with Crippen LogP contribution in [0, 0.1) is 34.5 Å². The Balaban J connectivity index is 2.16. The summed E-state index contributed by atoms with van der Waals surface area (Å²) in [6.45, 7) is 14.8. The van der Waals surface area contributed by atoms with E-state index in [1.54, 1.807) is 0 Å². The molecule has 0 aromatic heterocycles. The molecular formula is C15H28. The van der Waals surface area contributed by atoms with E-state index in [0.29, 0.717) is 10.8 Å². The van der Waals surface area contributed by atoms with Gasteiger partial charge in [-0.2, -0.15) is 0 Å². The maximum Gasteiger partial charge on any atom is -0.0284 e. The maximum atomic E-state index is 2.55. The predicted molar refractivity (Wildman–Crippen MR) is 66.7 cm³/mol. The second-order valence-corrected chi connectivity index (χ2v) is 7.58. The molecule has 0 aromatic carbocycles. The van der Waals surface area contributed by atoms with Crippen LogP contribution in [0.2, 0.25) is 0 Å². The molecule has 4 atom stereocenters. The molecule has 0 spiro atoms. The highest BCUT2D eigenvalue weighted by Gasteiger charge is 2.59. The predicted octanol–water partition coefficient (Wildman–Crippen LogP) is 4.74. The zero-order chi connectivity index (χ0) is 11.4. The summed E-state index contributed by atoms with van der Waals surface area (Å²) in [5, 5.41) is 0. The summed E-state index contributed by atoms with van der Waals surface area (Å²) >= 11 is 0. The first-order chi connectivity index (χ1) is 6.78. The van der Waals surface area contributed by atoms with E-state index in [1.807, 2.05) is 0 Å². The van der Waals surface area contributed by atoms with Crippen LogP contribution in [0.25, 0.3) is 0 Å². The fourth-order valence-corrected chi connectivity index (χ4v) is 5.04. The van der Waals surface area contributed by atoms with Gasteiger partial charge >= 0.3 is 0 Å². The molecule has 0 heteroatoms. The minimum absolute atomic E-state index is 0.628. The van der Waals surface area contributed by atoms with Crippen LogP contribution in [0.15, 0.2) is 0 Å². The van der Waals surface area contributed by atoms with E-state index in [0.717, 1.165) is 23.7 Å². The highest BCUT2D eigenvalue weighted by atomic mass is 14.6. The van der Waals surface area contributed by atoms with E-state index in [2.05, 4.69) is 41.5 Å². The topological polar surface area (TPSA) is 0 Å². The SMILES string of the molecule is CC(C)C1C2CC(C)(C(C)C)CC1(C)C2. The van der Waals surface area contributed by atoms with Crippen molar-refractivity contribution in [1.82, 2.24) is 0 Å². The van der Waals surface area contributed by atoms with Gasteiger partial charge in [0.25, 0.3) is 0 Å². The van der Waals surface area contributed by atoms with Crippen LogP contribution in [0.3, 0.4) is 0 Å². The highest BCUT2D eigenvalue weighted by Crippen LogP contribution is 2.68. The van der Waals surface area contributed by atoms with Gasteiger partial charge in [0.2, 0.25) is 0 Å². The molecule has 0 aliphatic heterocycles. The molecule has 3 rings (SSSR count). The second kappa shape index (κ2) is 3.25. The molecule has 3 fully saturated rings. The first kappa shape index (κ1) is 11.5. The van der Waals surface area contributed by atoms with Gasteiger partial charge in [0.1, 0.15) is 0 Å². The molecule has 88 valence electrons. The molecular weight excluding hydrogens is 180 g/mol. The molecule has 0 heterocycles.